The van der Waals surface area contributed by atoms with Crippen LogP contribution in [0.2, 0.25) is 0 Å². The van der Waals surface area contributed by atoms with E-state index in [2.05, 4.69) is 9.97 Å². The van der Waals surface area contributed by atoms with Crippen molar-refractivity contribution < 1.29 is 4.79 Å². The fraction of sp³-hybridized carbons (Fsp3) is 0.444. The Morgan fingerprint density at radius 1 is 1.27 bits per heavy atom. The summed E-state index contributed by atoms with van der Waals surface area (Å²) in [6, 6.07) is 0. The molecule has 0 spiro atoms. The third-order valence-corrected chi connectivity index (χ3v) is 6.32. The van der Waals surface area contributed by atoms with Crippen molar-refractivity contribution in [3.05, 3.63) is 45.3 Å². The molecule has 1 saturated heterocycles. The Balaban J connectivity index is 1.66. The molecule has 1 aliphatic heterocycles. The second kappa shape index (κ2) is 6.35. The fourth-order valence-electron chi connectivity index (χ4n) is 3.70. The summed E-state index contributed by atoms with van der Waals surface area (Å²) < 4.78 is 3.48. The number of likely N-dealkylation sites (tertiary alicyclic amines) is 1. The molecular weight excluding hydrogens is 350 g/mol. The molecule has 26 heavy (non-hydrogen) atoms. The SMILES string of the molecule is Cc1c(C(=O)N2CCCC(c3nccn3C)C2)sc2ncn(C)c(=O)c12. The van der Waals surface area contributed by atoms with Crippen LogP contribution in [0.15, 0.2) is 23.5 Å². The van der Waals surface area contributed by atoms with Gasteiger partial charge in [-0.15, -0.1) is 11.3 Å². The summed E-state index contributed by atoms with van der Waals surface area (Å²) in [5.41, 5.74) is 0.634. The molecule has 0 bridgehead atoms. The van der Waals surface area contributed by atoms with Crippen LogP contribution < -0.4 is 5.56 Å². The van der Waals surface area contributed by atoms with E-state index in [1.54, 1.807) is 13.2 Å². The van der Waals surface area contributed by atoms with Gasteiger partial charge in [-0.05, 0) is 25.3 Å². The Morgan fingerprint density at radius 2 is 2.08 bits per heavy atom. The summed E-state index contributed by atoms with van der Waals surface area (Å²) in [4.78, 5) is 37.5. The largest absolute Gasteiger partial charge is 0.338 e. The van der Waals surface area contributed by atoms with Crippen LogP contribution >= 0.6 is 11.3 Å². The van der Waals surface area contributed by atoms with Crippen LogP contribution in [-0.2, 0) is 14.1 Å². The lowest BCUT2D eigenvalue weighted by Crippen LogP contribution is -2.39. The van der Waals surface area contributed by atoms with Crippen LogP contribution in [-0.4, -0.2) is 43.0 Å². The number of nitrogens with zero attached hydrogens (tertiary/aromatic N) is 5. The monoisotopic (exact) mass is 371 g/mol. The van der Waals surface area contributed by atoms with Crippen molar-refractivity contribution >= 4 is 27.5 Å². The molecule has 4 heterocycles. The van der Waals surface area contributed by atoms with Crippen molar-refractivity contribution in [1.29, 1.82) is 0 Å². The lowest BCUT2D eigenvalue weighted by atomic mass is 9.97. The first-order chi connectivity index (χ1) is 12.5. The molecule has 1 fully saturated rings. The predicted molar refractivity (Wildman–Crippen MR) is 101 cm³/mol. The number of carbonyl (C=O) groups excluding carboxylic acids is 1. The van der Waals surface area contributed by atoms with E-state index in [-0.39, 0.29) is 17.4 Å². The number of imidazole rings is 1. The first-order valence-corrected chi connectivity index (χ1v) is 9.50. The van der Waals surface area contributed by atoms with Gasteiger partial charge in [-0.3, -0.25) is 9.59 Å². The Kier molecular flexibility index (Phi) is 4.14. The molecule has 7 nitrogen and oxygen atoms in total. The number of aromatic nitrogens is 4. The molecule has 1 amide bonds. The lowest BCUT2D eigenvalue weighted by molar-refractivity contribution is 0.0708. The van der Waals surface area contributed by atoms with E-state index in [1.165, 1.54) is 22.2 Å². The van der Waals surface area contributed by atoms with E-state index in [9.17, 15) is 9.59 Å². The van der Waals surface area contributed by atoms with Crippen LogP contribution in [0.25, 0.3) is 10.2 Å². The van der Waals surface area contributed by atoms with Gasteiger partial charge in [0.25, 0.3) is 11.5 Å². The molecule has 1 aliphatic rings. The highest BCUT2D eigenvalue weighted by Gasteiger charge is 2.30. The highest BCUT2D eigenvalue weighted by atomic mass is 32.1. The maximum atomic E-state index is 13.2. The van der Waals surface area contributed by atoms with Gasteiger partial charge in [0.1, 0.15) is 10.7 Å². The molecule has 0 aliphatic carbocycles. The van der Waals surface area contributed by atoms with Gasteiger partial charge in [0, 0.05) is 45.5 Å². The summed E-state index contributed by atoms with van der Waals surface area (Å²) >= 11 is 1.31. The van der Waals surface area contributed by atoms with Crippen molar-refractivity contribution in [3.8, 4) is 0 Å². The average molecular weight is 371 g/mol. The van der Waals surface area contributed by atoms with Gasteiger partial charge in [-0.1, -0.05) is 0 Å². The molecule has 1 atom stereocenters. The molecule has 3 aromatic heterocycles. The molecule has 136 valence electrons. The zero-order valence-electron chi connectivity index (χ0n) is 15.1. The van der Waals surface area contributed by atoms with E-state index in [0.29, 0.717) is 21.6 Å². The molecule has 0 radical (unpaired) electrons. The first kappa shape index (κ1) is 17.0. The van der Waals surface area contributed by atoms with Gasteiger partial charge in [-0.25, -0.2) is 9.97 Å². The summed E-state index contributed by atoms with van der Waals surface area (Å²) in [7, 11) is 3.66. The average Bonchev–Trinajstić information content (AvgIpc) is 3.21. The van der Waals surface area contributed by atoms with E-state index >= 15 is 0 Å². The van der Waals surface area contributed by atoms with E-state index in [4.69, 9.17) is 0 Å². The number of thiophene rings is 1. The van der Waals surface area contributed by atoms with Crippen LogP contribution in [0, 0.1) is 6.92 Å². The summed E-state index contributed by atoms with van der Waals surface area (Å²) in [5.74, 6) is 1.26. The van der Waals surface area contributed by atoms with Gasteiger partial charge in [-0.2, -0.15) is 0 Å². The molecular formula is C18H21N5O2S. The Morgan fingerprint density at radius 3 is 2.81 bits per heavy atom. The normalized spacial score (nSPS) is 17.8. The highest BCUT2D eigenvalue weighted by molar-refractivity contribution is 7.20. The van der Waals surface area contributed by atoms with Crippen LogP contribution in [0.3, 0.4) is 0 Å². The Labute approximate surface area is 154 Å². The Bertz CT molecular complexity index is 1050. The third-order valence-electron chi connectivity index (χ3n) is 5.14. The van der Waals surface area contributed by atoms with Crippen LogP contribution in [0.5, 0.6) is 0 Å². The molecule has 0 N–H and O–H groups in total. The Hall–Kier alpha value is -2.48. The molecule has 4 rings (SSSR count). The number of carbonyl (C=O) groups is 1. The topological polar surface area (TPSA) is 73.0 Å². The fourth-order valence-corrected chi connectivity index (χ4v) is 4.81. The minimum atomic E-state index is -0.104. The zero-order chi connectivity index (χ0) is 18.4. The van der Waals surface area contributed by atoms with Gasteiger partial charge >= 0.3 is 0 Å². The second-order valence-electron chi connectivity index (χ2n) is 6.88. The summed E-state index contributed by atoms with van der Waals surface area (Å²) in [5, 5.41) is 0.556. The van der Waals surface area contributed by atoms with Gasteiger partial charge in [0.15, 0.2) is 0 Å². The number of aryl methyl sites for hydroxylation is 3. The maximum absolute atomic E-state index is 13.2. The smallest absolute Gasteiger partial charge is 0.264 e. The van der Waals surface area contributed by atoms with Crippen LogP contribution in [0.4, 0.5) is 0 Å². The molecule has 0 aromatic carbocycles. The molecule has 3 aromatic rings. The van der Waals surface area contributed by atoms with Crippen molar-refractivity contribution in [3.63, 3.8) is 0 Å². The van der Waals surface area contributed by atoms with Gasteiger partial charge in [0.2, 0.25) is 0 Å². The summed E-state index contributed by atoms with van der Waals surface area (Å²) in [6.07, 6.45) is 7.23. The zero-order valence-corrected chi connectivity index (χ0v) is 15.9. The van der Waals surface area contributed by atoms with Crippen molar-refractivity contribution in [1.82, 2.24) is 24.0 Å². The van der Waals surface area contributed by atoms with Crippen LogP contribution in [0.1, 0.15) is 39.8 Å². The first-order valence-electron chi connectivity index (χ1n) is 8.68. The number of hydrogen-bond donors (Lipinski definition) is 0. The second-order valence-corrected chi connectivity index (χ2v) is 7.88. The quantitative estimate of drug-likeness (QED) is 0.691. The molecule has 0 saturated carbocycles. The van der Waals surface area contributed by atoms with Gasteiger partial charge in [0.05, 0.1) is 16.6 Å². The van der Waals surface area contributed by atoms with E-state index in [1.807, 2.05) is 29.6 Å². The van der Waals surface area contributed by atoms with E-state index < -0.39 is 0 Å². The number of rotatable bonds is 2. The maximum Gasteiger partial charge on any atom is 0.264 e. The minimum absolute atomic E-state index is 0.00791. The standard InChI is InChI=1S/C18H21N5O2S/c1-11-13-16(20-10-22(3)17(13)24)26-14(11)18(25)23-7-4-5-12(9-23)15-19-6-8-21(15)2/h6,8,10,12H,4-5,7,9H2,1-3H3. The van der Waals surface area contributed by atoms with Crippen molar-refractivity contribution in [2.45, 2.75) is 25.7 Å². The third kappa shape index (κ3) is 2.65. The number of fused-ring (bicyclic) bond motifs is 1. The molecule has 1 unspecified atom stereocenters. The lowest BCUT2D eigenvalue weighted by Gasteiger charge is -2.32. The number of hydrogen-bond acceptors (Lipinski definition) is 5. The van der Waals surface area contributed by atoms with Crippen molar-refractivity contribution in [2.75, 3.05) is 13.1 Å². The molecule has 8 heteroatoms. The minimum Gasteiger partial charge on any atom is -0.338 e. The van der Waals surface area contributed by atoms with Gasteiger partial charge < -0.3 is 14.0 Å². The summed E-state index contributed by atoms with van der Waals surface area (Å²) in [6.45, 7) is 3.23. The number of piperidine rings is 1. The van der Waals surface area contributed by atoms with E-state index in [0.717, 1.165) is 30.8 Å². The number of amides is 1. The highest BCUT2D eigenvalue weighted by Crippen LogP contribution is 2.31. The predicted octanol–water partition coefficient (Wildman–Crippen LogP) is 2.06. The van der Waals surface area contributed by atoms with Crippen molar-refractivity contribution in [2.24, 2.45) is 14.1 Å².